The van der Waals surface area contributed by atoms with Gasteiger partial charge in [0.05, 0.1) is 38.1 Å². The van der Waals surface area contributed by atoms with Gasteiger partial charge < -0.3 is 86.0 Å². The van der Waals surface area contributed by atoms with Gasteiger partial charge in [-0.05, 0) is 301 Å². The second kappa shape index (κ2) is 38.0. The summed E-state index contributed by atoms with van der Waals surface area (Å²) in [6, 6.07) is 0. The molecule has 15 fully saturated rings. The van der Waals surface area contributed by atoms with Crippen LogP contribution in [0.15, 0.2) is 34.9 Å². The van der Waals surface area contributed by atoms with Gasteiger partial charge in [-0.15, -0.1) is 0 Å². The molecule has 0 aromatic carbocycles. The number of unbranched alkanes of at least 4 members (excludes halogenated alkanes) is 4. The first-order valence-electron chi connectivity index (χ1n) is 49.8. The Hall–Kier alpha value is -2.96. The van der Waals surface area contributed by atoms with Crippen LogP contribution in [0.2, 0.25) is 0 Å². The van der Waals surface area contributed by atoms with Crippen molar-refractivity contribution >= 4 is 29.2 Å². The number of rotatable bonds is 25. The SMILES string of the molecule is C[C@@H]1CC[C@@]2(C[C@H]3[C@H](C[C@H]4[C@@H]5CC=C6C[C@@H](OC(=O)Cl)CC[C@]6(C)[C@H]5CC[C@@]43C)O2)OC1.C[C@@H]1CC[C@@]2(C[C@H]3[C@H](C[C@H]4[C@@H]5CC=C6C[C@@H](OC(=O)NCCCCCNCCNCCNC(=O)O[C@H]7CC[C@@]8(C)C(=CC[C@H]9[C@@H]%10C[C@@H]%11O[C@]%12(CC[C@@H](C)CO%12)C[C@@H]%11[C@@]%10(C)CC[C@@H]98)C7)CC[C@]6(C)[C@H]5CC[C@@]43C)O2)OC1.NCCCCCNCCNCCN. The van der Waals surface area contributed by atoms with Gasteiger partial charge in [-0.2, -0.15) is 0 Å². The Bertz CT molecular complexity index is 3410. The van der Waals surface area contributed by atoms with Crippen molar-refractivity contribution < 1.29 is 57.0 Å². The fourth-order valence-corrected chi connectivity index (χ4v) is 30.6. The van der Waals surface area contributed by atoms with Gasteiger partial charge in [0.2, 0.25) is 0 Å². The van der Waals surface area contributed by atoms with Gasteiger partial charge in [-0.3, -0.25) is 0 Å². The summed E-state index contributed by atoms with van der Waals surface area (Å²) in [7, 11) is 0. The van der Waals surface area contributed by atoms with Crippen molar-refractivity contribution in [2.45, 2.75) is 347 Å². The number of allylic oxidation sites excluding steroid dienone is 3. The van der Waals surface area contributed by atoms with Crippen molar-refractivity contribution in [2.75, 3.05) is 98.4 Å². The van der Waals surface area contributed by atoms with Crippen LogP contribution >= 0.6 is 11.6 Å². The molecule has 3 spiro atoms. The molecular weight excluding hydrogens is 1530 g/mol. The predicted octanol–water partition coefficient (Wildman–Crippen LogP) is 17.9. The number of carbonyl (C=O) groups excluding carboxylic acids is 3. The van der Waals surface area contributed by atoms with Crippen LogP contribution in [0.25, 0.3) is 0 Å². The number of nitrogens with one attached hydrogen (secondary N) is 6. The quantitative estimate of drug-likeness (QED) is 0.0183. The van der Waals surface area contributed by atoms with Gasteiger partial charge in [0.15, 0.2) is 17.4 Å². The first kappa shape index (κ1) is 90.4. The van der Waals surface area contributed by atoms with Crippen molar-refractivity contribution in [3.8, 4) is 0 Å². The molecule has 10 N–H and O–H groups in total. The van der Waals surface area contributed by atoms with Gasteiger partial charge in [-0.1, -0.05) is 110 Å². The lowest BCUT2D eigenvalue weighted by Gasteiger charge is -2.58. The molecule has 30 atom stereocenters. The molecule has 9 saturated carbocycles. The molecule has 12 aliphatic carbocycles. The number of fused-ring (bicyclic) bond motifs is 21. The maximum Gasteiger partial charge on any atom is 0.407 e. The summed E-state index contributed by atoms with van der Waals surface area (Å²) in [4.78, 5) is 37.1. The zero-order chi connectivity index (χ0) is 83.9. The monoisotopic (exact) mass is 1690 g/mol. The highest BCUT2D eigenvalue weighted by Crippen LogP contribution is 2.74. The third kappa shape index (κ3) is 18.5. The molecule has 0 aromatic rings. The molecule has 6 saturated heterocycles. The minimum Gasteiger partial charge on any atom is -0.450 e. The third-order valence-electron chi connectivity index (χ3n) is 37.5. The van der Waals surface area contributed by atoms with E-state index in [1.165, 1.54) is 115 Å². The fraction of sp³-hybridized carbons (Fsp3) is 0.909. The molecule has 120 heavy (non-hydrogen) atoms. The molecule has 18 aliphatic rings. The van der Waals surface area contributed by atoms with Crippen molar-refractivity contribution in [1.82, 2.24) is 31.9 Å². The van der Waals surface area contributed by atoms with Crippen molar-refractivity contribution in [1.29, 1.82) is 0 Å². The van der Waals surface area contributed by atoms with E-state index in [2.05, 4.69) is 112 Å². The van der Waals surface area contributed by atoms with E-state index in [-0.39, 0.29) is 64.1 Å². The second-order valence-electron chi connectivity index (χ2n) is 44.4. The van der Waals surface area contributed by atoms with Crippen LogP contribution in [0.5, 0.6) is 0 Å². The summed E-state index contributed by atoms with van der Waals surface area (Å²) < 4.78 is 57.3. The molecule has 0 aromatic heterocycles. The minimum absolute atomic E-state index is 0.0272. The zero-order valence-corrected chi connectivity index (χ0v) is 76.6. The summed E-state index contributed by atoms with van der Waals surface area (Å²) in [5.41, 5.74) is 16.4. The van der Waals surface area contributed by atoms with Gasteiger partial charge in [0.25, 0.3) is 0 Å². The summed E-state index contributed by atoms with van der Waals surface area (Å²) >= 11 is 5.51. The average Bonchev–Trinajstić information content (AvgIpc) is 1.54. The topological polar surface area (TPSA) is 258 Å². The number of nitrogens with two attached hydrogens (primary N) is 2. The summed E-state index contributed by atoms with van der Waals surface area (Å²) in [6.45, 7) is 35.0. The molecule has 2 amide bonds. The van der Waals surface area contributed by atoms with Crippen molar-refractivity contribution in [3.63, 3.8) is 0 Å². The first-order chi connectivity index (χ1) is 57.7. The molecule has 0 bridgehead atoms. The average molecular weight is 1690 g/mol. The van der Waals surface area contributed by atoms with Crippen LogP contribution in [-0.4, -0.2) is 170 Å². The van der Waals surface area contributed by atoms with Crippen LogP contribution in [0.3, 0.4) is 0 Å². The number of halogens is 1. The van der Waals surface area contributed by atoms with Crippen LogP contribution < -0.4 is 43.4 Å². The molecule has 0 unspecified atom stereocenters. The Morgan fingerprint density at radius 3 is 1.08 bits per heavy atom. The van der Waals surface area contributed by atoms with E-state index < -0.39 is 5.43 Å². The van der Waals surface area contributed by atoms with E-state index in [9.17, 15) is 14.4 Å². The lowest BCUT2D eigenvalue weighted by atomic mass is 9.47. The summed E-state index contributed by atoms with van der Waals surface area (Å²) in [5.74, 6) is 9.57. The largest absolute Gasteiger partial charge is 0.450 e. The Labute approximate surface area is 727 Å². The minimum atomic E-state index is -0.659. The number of ether oxygens (including phenoxy) is 9. The fourth-order valence-electron chi connectivity index (χ4n) is 30.5. The molecule has 20 nitrogen and oxygen atoms in total. The van der Waals surface area contributed by atoms with Crippen molar-refractivity contribution in [2.24, 2.45) is 133 Å². The highest BCUT2D eigenvalue weighted by atomic mass is 35.5. The van der Waals surface area contributed by atoms with Crippen molar-refractivity contribution in [3.05, 3.63) is 34.9 Å². The molecule has 18 rings (SSSR count). The maximum absolute atomic E-state index is 12.9. The normalized spacial score (nSPS) is 45.7. The van der Waals surface area contributed by atoms with E-state index in [0.29, 0.717) is 95.6 Å². The lowest BCUT2D eigenvalue weighted by Crippen LogP contribution is -2.51. The van der Waals surface area contributed by atoms with E-state index in [1.807, 2.05) is 0 Å². The van der Waals surface area contributed by atoms with Gasteiger partial charge in [0, 0.05) is 128 Å². The Kier molecular flexibility index (Phi) is 28.6. The molecule has 678 valence electrons. The van der Waals surface area contributed by atoms with Crippen LogP contribution in [0.4, 0.5) is 14.4 Å². The Morgan fingerprint density at radius 2 is 0.725 bits per heavy atom. The van der Waals surface area contributed by atoms with Crippen LogP contribution in [0, 0.1) is 121 Å². The number of hydrogen-bond donors (Lipinski definition) is 8. The first-order valence-corrected chi connectivity index (χ1v) is 50.1. The second-order valence-corrected chi connectivity index (χ2v) is 44.7. The molecular formula is C99H163ClN8O12. The predicted molar refractivity (Wildman–Crippen MR) is 471 cm³/mol. The lowest BCUT2D eigenvalue weighted by molar-refractivity contribution is -0.256. The highest BCUT2D eigenvalue weighted by Gasteiger charge is 2.70. The Morgan fingerprint density at radius 1 is 0.383 bits per heavy atom. The van der Waals surface area contributed by atoms with Crippen LogP contribution in [0.1, 0.15) is 293 Å². The summed E-state index contributed by atoms with van der Waals surface area (Å²) in [5, 5.41) is 19.6. The number of amides is 2. The van der Waals surface area contributed by atoms with Gasteiger partial charge >= 0.3 is 17.6 Å². The van der Waals surface area contributed by atoms with E-state index in [4.69, 9.17) is 65.7 Å². The molecule has 6 heterocycles. The smallest absolute Gasteiger partial charge is 0.407 e. The zero-order valence-electron chi connectivity index (χ0n) is 75.9. The molecule has 21 heteroatoms. The molecule has 6 aliphatic heterocycles. The Balaban J connectivity index is 0.000000194. The van der Waals surface area contributed by atoms with Gasteiger partial charge in [0.1, 0.15) is 18.3 Å². The highest BCUT2D eigenvalue weighted by molar-refractivity contribution is 6.61. The third-order valence-corrected chi connectivity index (χ3v) is 37.6. The van der Waals surface area contributed by atoms with Crippen LogP contribution in [-0.2, 0) is 42.6 Å². The summed E-state index contributed by atoms with van der Waals surface area (Å²) in [6.07, 6.45) is 48.8. The maximum atomic E-state index is 12.9. The number of hydrogen-bond acceptors (Lipinski definition) is 18. The van der Waals surface area contributed by atoms with E-state index in [0.717, 1.165) is 248 Å². The standard InChI is InChI=1S/C63H100N4O8.C27H39ClO4.C9H24N4/c1-40-14-24-62(70-38-40)36-52-54(74-62)34-50-46-12-10-42-32-44(16-20-58(42,3)48(46)18-22-60(50,52)5)72-56(68)66-27-9-7-8-26-64-28-29-65-30-31-67-57(69)73-45-17-21-59(4)43(33-45)11-13-47-49(59)19-23-61(6)51(47)35-55-53(61)37-63(75-55)25-15-41(2)39-71-63;1-16-6-11-27(30-15-16)14-22-23(32-27)13-21-19-5-4-17-12-18(31-24(28)29)7-9-25(17,2)20(19)8-10-26(21,22)3;10-4-2-1-3-6-12-8-9-13-7-5-11/h10-11,40-41,44-55,64-65H,7-9,12-39H2,1-6H3,(H,66,68)(H,67,69);4,16,18-23H,5-15H2,1-3H3;12-13H,1-11H2/t40-,41-,44+,45+,46-,47-,48+,49+,50+,51+,52+,53+,54+,55+,58+,59+,60+,61+,62-,63-;16-,18+,19-,20+,21+,22+,23+,25+,26+,27-;/m11./s1. The number of carbonyl (C=O) groups is 3. The molecule has 0 radical (unpaired) electrons. The van der Waals surface area contributed by atoms with E-state index in [1.54, 1.807) is 11.1 Å². The van der Waals surface area contributed by atoms with E-state index >= 15 is 0 Å². The number of alkyl carbamates (subject to hydrolysis) is 2. The van der Waals surface area contributed by atoms with Gasteiger partial charge in [-0.25, -0.2) is 14.4 Å².